The molecule has 3 nitrogen and oxygen atoms in total. The molecule has 11 rings (SSSR count). The fraction of sp³-hybridized carbons (Fsp3) is 0. The van der Waals surface area contributed by atoms with Crippen LogP contribution in [0.5, 0.6) is 0 Å². The van der Waals surface area contributed by atoms with E-state index in [0.29, 0.717) is 0 Å². The molecule has 0 fully saturated rings. The maximum Gasteiger partial charge on any atom is 0.147 e. The highest BCUT2D eigenvalue weighted by Gasteiger charge is 2.26. The molecule has 0 radical (unpaired) electrons. The number of para-hydroxylation sites is 2. The summed E-state index contributed by atoms with van der Waals surface area (Å²) in [6, 6.07) is 55.3. The summed E-state index contributed by atoms with van der Waals surface area (Å²) < 4.78 is 20.0. The molecule has 228 valence electrons. The van der Waals surface area contributed by atoms with Gasteiger partial charge in [-0.2, -0.15) is 0 Å². The van der Waals surface area contributed by atoms with Crippen LogP contribution in [0.2, 0.25) is 0 Å². The lowest BCUT2D eigenvalue weighted by atomic mass is 9.86. The highest BCUT2D eigenvalue weighted by molar-refractivity contribution is 6.26. The molecule has 0 bridgehead atoms. The highest BCUT2D eigenvalue weighted by atomic mass is 16.3. The first-order chi connectivity index (χ1) is 24.3. The largest absolute Gasteiger partial charge is 0.456 e. The second-order valence-electron chi connectivity index (χ2n) is 12.7. The van der Waals surface area contributed by atoms with E-state index in [9.17, 15) is 0 Å². The molecular weight excluding hydrogens is 601 g/mol. The van der Waals surface area contributed by atoms with Crippen LogP contribution in [0.4, 0.5) is 0 Å². The molecule has 11 aromatic rings. The minimum Gasteiger partial charge on any atom is -0.456 e. The molecule has 0 aliphatic carbocycles. The van der Waals surface area contributed by atoms with E-state index in [1.165, 1.54) is 5.56 Å². The molecule has 3 heteroatoms. The zero-order chi connectivity index (χ0) is 32.1. The summed E-state index contributed by atoms with van der Waals surface area (Å²) in [5.74, 6) is 0.834. The van der Waals surface area contributed by atoms with E-state index in [4.69, 9.17) is 13.3 Å². The van der Waals surface area contributed by atoms with Crippen LogP contribution < -0.4 is 0 Å². The Morgan fingerprint density at radius 2 is 0.816 bits per heavy atom. The maximum atomic E-state index is 7.02. The Labute approximate surface area is 280 Å². The van der Waals surface area contributed by atoms with Crippen molar-refractivity contribution in [2.45, 2.75) is 0 Å². The van der Waals surface area contributed by atoms with Crippen LogP contribution in [0, 0.1) is 0 Å². The third kappa shape index (κ3) is 3.73. The lowest BCUT2D eigenvalue weighted by Crippen LogP contribution is -1.91. The fourth-order valence-electron chi connectivity index (χ4n) is 7.99. The van der Waals surface area contributed by atoms with Crippen LogP contribution in [0.25, 0.3) is 110 Å². The summed E-state index contributed by atoms with van der Waals surface area (Å²) in [6.07, 6.45) is 0. The number of furan rings is 3. The summed E-state index contributed by atoms with van der Waals surface area (Å²) in [6.45, 7) is 0. The minimum atomic E-state index is 0.799. The first-order valence-corrected chi connectivity index (χ1v) is 16.6. The van der Waals surface area contributed by atoms with Crippen molar-refractivity contribution in [1.29, 1.82) is 0 Å². The lowest BCUT2D eigenvalue weighted by molar-refractivity contribution is 0.633. The molecule has 3 heterocycles. The molecular formula is C46H26O3. The molecule has 0 N–H and O–H groups in total. The van der Waals surface area contributed by atoms with Gasteiger partial charge in [-0.15, -0.1) is 0 Å². The third-order valence-electron chi connectivity index (χ3n) is 10.1. The van der Waals surface area contributed by atoms with Gasteiger partial charge in [0.2, 0.25) is 0 Å². The molecule has 0 saturated carbocycles. The van der Waals surface area contributed by atoms with Gasteiger partial charge in [-0.1, -0.05) is 121 Å². The van der Waals surface area contributed by atoms with E-state index in [1.807, 2.05) is 24.3 Å². The number of rotatable bonds is 3. The second-order valence-corrected chi connectivity index (χ2v) is 12.7. The van der Waals surface area contributed by atoms with Crippen LogP contribution in [0.15, 0.2) is 171 Å². The molecule has 3 aromatic heterocycles. The summed E-state index contributed by atoms with van der Waals surface area (Å²) in [4.78, 5) is 0. The SMILES string of the molecule is c1ccc(-c2c(-c3c4ccccc4c(-c4ccc5c(c4)oc4ccccc45)c4ccccc34)oc3ccc4c5ccccc5oc4c23)cc1. The van der Waals surface area contributed by atoms with Gasteiger partial charge in [0.05, 0.1) is 5.39 Å². The number of hydrogen-bond acceptors (Lipinski definition) is 3. The Kier molecular flexibility index (Phi) is 5.38. The second kappa shape index (κ2) is 9.96. The standard InChI is InChI=1S/C46H26O3/c1-2-12-27(13-3-1)42-44-39(25-24-36-30-15-9-11-21-38(30)48-45(36)44)49-46(42)43-34-18-6-4-16-32(34)41(33-17-5-7-19-35(33)43)28-22-23-31-29-14-8-10-20-37(29)47-40(31)26-28/h1-26H. The van der Waals surface area contributed by atoms with E-state index >= 15 is 0 Å². The maximum absolute atomic E-state index is 7.02. The van der Waals surface area contributed by atoms with Crippen molar-refractivity contribution in [2.24, 2.45) is 0 Å². The van der Waals surface area contributed by atoms with Crippen LogP contribution in [0.3, 0.4) is 0 Å². The van der Waals surface area contributed by atoms with Crippen LogP contribution >= 0.6 is 0 Å². The Hall–Kier alpha value is -6.58. The zero-order valence-corrected chi connectivity index (χ0v) is 26.2. The van der Waals surface area contributed by atoms with Gasteiger partial charge in [-0.25, -0.2) is 0 Å². The first kappa shape index (κ1) is 26.5. The predicted octanol–water partition coefficient (Wildman–Crippen LogP) is 13.5. The van der Waals surface area contributed by atoms with E-state index in [0.717, 1.165) is 104 Å². The monoisotopic (exact) mass is 626 g/mol. The zero-order valence-electron chi connectivity index (χ0n) is 26.2. The van der Waals surface area contributed by atoms with Gasteiger partial charge in [-0.3, -0.25) is 0 Å². The van der Waals surface area contributed by atoms with Crippen molar-refractivity contribution in [3.05, 3.63) is 158 Å². The summed E-state index contributed by atoms with van der Waals surface area (Å²) in [5, 5.41) is 9.97. The van der Waals surface area contributed by atoms with Crippen molar-refractivity contribution in [3.8, 4) is 33.6 Å². The quantitative estimate of drug-likeness (QED) is 0.183. The van der Waals surface area contributed by atoms with Crippen molar-refractivity contribution in [2.75, 3.05) is 0 Å². The van der Waals surface area contributed by atoms with Crippen molar-refractivity contribution >= 4 is 76.4 Å². The lowest BCUT2D eigenvalue weighted by Gasteiger charge is -2.17. The summed E-state index contributed by atoms with van der Waals surface area (Å²) in [7, 11) is 0. The predicted molar refractivity (Wildman–Crippen MR) is 202 cm³/mol. The van der Waals surface area contributed by atoms with Crippen molar-refractivity contribution in [3.63, 3.8) is 0 Å². The van der Waals surface area contributed by atoms with E-state index in [1.54, 1.807) is 0 Å². The molecule has 0 amide bonds. The molecule has 0 aliphatic rings. The van der Waals surface area contributed by atoms with E-state index in [-0.39, 0.29) is 0 Å². The Morgan fingerprint density at radius 1 is 0.286 bits per heavy atom. The average molecular weight is 627 g/mol. The molecule has 8 aromatic carbocycles. The van der Waals surface area contributed by atoms with Gasteiger partial charge in [0.25, 0.3) is 0 Å². The van der Waals surface area contributed by atoms with Crippen LogP contribution in [0.1, 0.15) is 0 Å². The Balaban J connectivity index is 1.27. The van der Waals surface area contributed by atoms with E-state index < -0.39 is 0 Å². The highest BCUT2D eigenvalue weighted by Crippen LogP contribution is 2.51. The average Bonchev–Trinajstić information content (AvgIpc) is 3.85. The van der Waals surface area contributed by atoms with Crippen LogP contribution in [-0.2, 0) is 0 Å². The smallest absolute Gasteiger partial charge is 0.147 e. The minimum absolute atomic E-state index is 0.799. The molecule has 0 saturated heterocycles. The Morgan fingerprint density at radius 3 is 1.51 bits per heavy atom. The van der Waals surface area contributed by atoms with E-state index in [2.05, 4.69) is 133 Å². The first-order valence-electron chi connectivity index (χ1n) is 16.6. The van der Waals surface area contributed by atoms with Gasteiger partial charge >= 0.3 is 0 Å². The fourth-order valence-corrected chi connectivity index (χ4v) is 7.99. The molecule has 0 unspecified atom stereocenters. The number of hydrogen-bond donors (Lipinski definition) is 0. The van der Waals surface area contributed by atoms with Gasteiger partial charge in [-0.05, 0) is 74.6 Å². The van der Waals surface area contributed by atoms with Gasteiger partial charge in [0.15, 0.2) is 0 Å². The van der Waals surface area contributed by atoms with Crippen molar-refractivity contribution in [1.82, 2.24) is 0 Å². The van der Waals surface area contributed by atoms with Gasteiger partial charge < -0.3 is 13.3 Å². The molecule has 0 aliphatic heterocycles. The van der Waals surface area contributed by atoms with Crippen molar-refractivity contribution < 1.29 is 13.3 Å². The van der Waals surface area contributed by atoms with Crippen LogP contribution in [-0.4, -0.2) is 0 Å². The number of benzene rings is 8. The normalized spacial score (nSPS) is 12.1. The molecule has 0 atom stereocenters. The molecule has 49 heavy (non-hydrogen) atoms. The summed E-state index contributed by atoms with van der Waals surface area (Å²) >= 11 is 0. The third-order valence-corrected chi connectivity index (χ3v) is 10.1. The van der Waals surface area contributed by atoms with Gasteiger partial charge in [0, 0.05) is 32.7 Å². The summed E-state index contributed by atoms with van der Waals surface area (Å²) in [5.41, 5.74) is 9.77. The molecule has 0 spiro atoms. The van der Waals surface area contributed by atoms with Gasteiger partial charge in [0.1, 0.15) is 33.7 Å². The Bertz CT molecular complexity index is 3040. The topological polar surface area (TPSA) is 39.4 Å². The number of fused-ring (bicyclic) bond motifs is 10.